The van der Waals surface area contributed by atoms with E-state index in [2.05, 4.69) is 32.2 Å². The number of anilines is 1. The van der Waals surface area contributed by atoms with Gasteiger partial charge in [0.2, 0.25) is 0 Å². The minimum absolute atomic E-state index is 0.194. The summed E-state index contributed by atoms with van der Waals surface area (Å²) in [6.07, 6.45) is 0. The van der Waals surface area contributed by atoms with Crippen molar-refractivity contribution in [2.45, 2.75) is 6.54 Å². The van der Waals surface area contributed by atoms with Crippen molar-refractivity contribution < 1.29 is 14.3 Å². The Hall–Kier alpha value is -1.70. The molecule has 1 N–H and O–H groups in total. The Morgan fingerprint density at radius 2 is 1.78 bits per heavy atom. The van der Waals surface area contributed by atoms with Crippen LogP contribution < -0.4 is 14.8 Å². The van der Waals surface area contributed by atoms with Gasteiger partial charge in [-0.15, -0.1) is 0 Å². The average molecular weight is 451 g/mol. The van der Waals surface area contributed by atoms with E-state index in [4.69, 9.17) is 9.47 Å². The van der Waals surface area contributed by atoms with Gasteiger partial charge in [0.1, 0.15) is 16.0 Å². The van der Waals surface area contributed by atoms with Crippen LogP contribution in [-0.2, 0) is 6.54 Å². The fraction of sp³-hybridized carbons (Fsp3) is 0.350. The molecule has 0 aliphatic carbocycles. The SMILES string of the molecule is COc1cc(C(=O)Nc2ccccc2CN2CCSCC2)cc(OC)c1Br. The van der Waals surface area contributed by atoms with Gasteiger partial charge >= 0.3 is 0 Å². The highest BCUT2D eigenvalue weighted by Crippen LogP contribution is 2.36. The number of carbonyl (C=O) groups is 1. The van der Waals surface area contributed by atoms with Crippen molar-refractivity contribution in [3.63, 3.8) is 0 Å². The van der Waals surface area contributed by atoms with Crippen molar-refractivity contribution in [2.75, 3.05) is 44.1 Å². The Morgan fingerprint density at radius 1 is 1.15 bits per heavy atom. The van der Waals surface area contributed by atoms with Gasteiger partial charge in [-0.3, -0.25) is 9.69 Å². The summed E-state index contributed by atoms with van der Waals surface area (Å²) >= 11 is 5.42. The molecule has 5 nitrogen and oxygen atoms in total. The molecule has 0 atom stereocenters. The predicted molar refractivity (Wildman–Crippen MR) is 114 cm³/mol. The van der Waals surface area contributed by atoms with Crippen molar-refractivity contribution >= 4 is 39.3 Å². The number of methoxy groups -OCH3 is 2. The van der Waals surface area contributed by atoms with Gasteiger partial charge in [-0.2, -0.15) is 11.8 Å². The number of nitrogens with zero attached hydrogens (tertiary/aromatic N) is 1. The Morgan fingerprint density at radius 3 is 2.41 bits per heavy atom. The summed E-state index contributed by atoms with van der Waals surface area (Å²) in [6, 6.07) is 11.4. The molecule has 0 unspecified atom stereocenters. The third kappa shape index (κ3) is 4.97. The standard InChI is InChI=1S/C20H23BrN2O3S/c1-25-17-11-15(12-18(26-2)19(17)21)20(24)22-16-6-4-3-5-14(16)13-23-7-9-27-10-8-23/h3-6,11-12H,7-10,13H2,1-2H3,(H,22,24). The normalized spacial score (nSPS) is 14.6. The number of hydrogen-bond acceptors (Lipinski definition) is 5. The van der Waals surface area contributed by atoms with E-state index < -0.39 is 0 Å². The molecule has 2 aromatic carbocycles. The first-order chi connectivity index (χ1) is 13.1. The molecule has 1 heterocycles. The molecule has 0 spiro atoms. The summed E-state index contributed by atoms with van der Waals surface area (Å²) in [5.74, 6) is 3.23. The largest absolute Gasteiger partial charge is 0.495 e. The van der Waals surface area contributed by atoms with Crippen LogP contribution in [0.2, 0.25) is 0 Å². The summed E-state index contributed by atoms with van der Waals surface area (Å²) in [4.78, 5) is 15.3. The zero-order chi connectivity index (χ0) is 19.2. The number of halogens is 1. The Kier molecular flexibility index (Phi) is 7.04. The Balaban J connectivity index is 1.80. The second kappa shape index (κ2) is 9.48. The van der Waals surface area contributed by atoms with Crippen molar-refractivity contribution in [3.05, 3.63) is 52.0 Å². The highest BCUT2D eigenvalue weighted by molar-refractivity contribution is 9.10. The van der Waals surface area contributed by atoms with E-state index in [9.17, 15) is 4.79 Å². The van der Waals surface area contributed by atoms with E-state index in [0.29, 0.717) is 21.5 Å². The zero-order valence-electron chi connectivity index (χ0n) is 15.5. The second-order valence-corrected chi connectivity index (χ2v) is 8.21. The van der Waals surface area contributed by atoms with Gasteiger partial charge in [0.05, 0.1) is 14.2 Å². The van der Waals surface area contributed by atoms with Crippen molar-refractivity contribution in [1.82, 2.24) is 4.90 Å². The molecule has 0 aromatic heterocycles. The maximum absolute atomic E-state index is 12.9. The van der Waals surface area contributed by atoms with Gasteiger partial charge in [0.15, 0.2) is 0 Å². The van der Waals surface area contributed by atoms with E-state index in [1.165, 1.54) is 0 Å². The molecule has 1 amide bonds. The summed E-state index contributed by atoms with van der Waals surface area (Å²) in [5, 5.41) is 3.04. The third-order valence-corrected chi connectivity index (χ3v) is 6.20. The first kappa shape index (κ1) is 20.0. The van der Waals surface area contributed by atoms with E-state index >= 15 is 0 Å². The first-order valence-electron chi connectivity index (χ1n) is 8.73. The minimum atomic E-state index is -0.194. The quantitative estimate of drug-likeness (QED) is 0.711. The lowest BCUT2D eigenvalue weighted by Gasteiger charge is -2.27. The molecule has 0 saturated carbocycles. The molecule has 144 valence electrons. The van der Waals surface area contributed by atoms with Crippen LogP contribution in [0.3, 0.4) is 0 Å². The molecular weight excluding hydrogens is 428 g/mol. The van der Waals surface area contributed by atoms with Crippen LogP contribution in [0.15, 0.2) is 40.9 Å². The smallest absolute Gasteiger partial charge is 0.255 e. The molecule has 0 radical (unpaired) electrons. The van der Waals surface area contributed by atoms with Crippen LogP contribution in [-0.4, -0.2) is 49.6 Å². The fourth-order valence-electron chi connectivity index (χ4n) is 2.98. The van der Waals surface area contributed by atoms with Crippen LogP contribution >= 0.6 is 27.7 Å². The van der Waals surface area contributed by atoms with Gasteiger partial charge in [-0.1, -0.05) is 18.2 Å². The summed E-state index contributed by atoms with van der Waals surface area (Å²) in [5.41, 5.74) is 2.44. The third-order valence-electron chi connectivity index (χ3n) is 4.47. The van der Waals surface area contributed by atoms with Crippen molar-refractivity contribution in [3.8, 4) is 11.5 Å². The summed E-state index contributed by atoms with van der Waals surface area (Å²) in [7, 11) is 3.13. The number of para-hydroxylation sites is 1. The monoisotopic (exact) mass is 450 g/mol. The van der Waals surface area contributed by atoms with Gasteiger partial charge in [0, 0.05) is 42.4 Å². The van der Waals surface area contributed by atoms with Crippen molar-refractivity contribution in [2.24, 2.45) is 0 Å². The molecule has 27 heavy (non-hydrogen) atoms. The highest BCUT2D eigenvalue weighted by atomic mass is 79.9. The summed E-state index contributed by atoms with van der Waals surface area (Å²) < 4.78 is 11.4. The lowest BCUT2D eigenvalue weighted by atomic mass is 10.1. The topological polar surface area (TPSA) is 50.8 Å². The van der Waals surface area contributed by atoms with E-state index in [1.54, 1.807) is 26.4 Å². The predicted octanol–water partition coefficient (Wildman–Crippen LogP) is 4.27. The van der Waals surface area contributed by atoms with Gasteiger partial charge in [0.25, 0.3) is 5.91 Å². The number of carbonyl (C=O) groups excluding carboxylic acids is 1. The molecular formula is C20H23BrN2O3S. The van der Waals surface area contributed by atoms with Crippen LogP contribution in [0, 0.1) is 0 Å². The average Bonchev–Trinajstić information content (AvgIpc) is 2.70. The molecule has 2 aromatic rings. The van der Waals surface area contributed by atoms with Crippen LogP contribution in [0.25, 0.3) is 0 Å². The number of benzene rings is 2. The van der Waals surface area contributed by atoms with Crippen LogP contribution in [0.1, 0.15) is 15.9 Å². The molecule has 3 rings (SSSR count). The van der Waals surface area contributed by atoms with E-state index in [-0.39, 0.29) is 5.91 Å². The number of ether oxygens (including phenoxy) is 2. The Labute approximate surface area is 172 Å². The number of hydrogen-bond donors (Lipinski definition) is 1. The molecule has 0 bridgehead atoms. The lowest BCUT2D eigenvalue weighted by molar-refractivity contribution is 0.102. The molecule has 1 aliphatic heterocycles. The van der Waals surface area contributed by atoms with E-state index in [0.717, 1.165) is 42.4 Å². The molecule has 7 heteroatoms. The number of amides is 1. The lowest BCUT2D eigenvalue weighted by Crippen LogP contribution is -2.32. The fourth-order valence-corrected chi connectivity index (χ4v) is 4.51. The van der Waals surface area contributed by atoms with Gasteiger partial charge in [-0.05, 0) is 39.7 Å². The molecule has 1 saturated heterocycles. The van der Waals surface area contributed by atoms with Gasteiger partial charge in [-0.25, -0.2) is 0 Å². The van der Waals surface area contributed by atoms with Gasteiger partial charge < -0.3 is 14.8 Å². The van der Waals surface area contributed by atoms with Crippen molar-refractivity contribution in [1.29, 1.82) is 0 Å². The molecule has 1 aliphatic rings. The van der Waals surface area contributed by atoms with E-state index in [1.807, 2.05) is 30.0 Å². The maximum atomic E-state index is 12.9. The zero-order valence-corrected chi connectivity index (χ0v) is 17.9. The first-order valence-corrected chi connectivity index (χ1v) is 10.7. The molecule has 1 fully saturated rings. The number of thioether (sulfide) groups is 1. The summed E-state index contributed by atoms with van der Waals surface area (Å²) in [6.45, 7) is 2.99. The van der Waals surface area contributed by atoms with Crippen LogP contribution in [0.5, 0.6) is 11.5 Å². The minimum Gasteiger partial charge on any atom is -0.495 e. The van der Waals surface area contributed by atoms with Crippen LogP contribution in [0.4, 0.5) is 5.69 Å². The Bertz CT molecular complexity index is 785. The maximum Gasteiger partial charge on any atom is 0.255 e. The number of rotatable bonds is 6. The number of nitrogens with one attached hydrogen (secondary N) is 1. The second-order valence-electron chi connectivity index (χ2n) is 6.19. The highest BCUT2D eigenvalue weighted by Gasteiger charge is 2.17.